The van der Waals surface area contributed by atoms with E-state index >= 15 is 0 Å². The van der Waals surface area contributed by atoms with Gasteiger partial charge in [0.2, 0.25) is 0 Å². The van der Waals surface area contributed by atoms with Gasteiger partial charge in [0.25, 0.3) is 11.8 Å². The molecule has 0 fully saturated rings. The van der Waals surface area contributed by atoms with Crippen LogP contribution in [0.4, 0.5) is 10.7 Å². The van der Waals surface area contributed by atoms with Crippen LogP contribution in [-0.4, -0.2) is 16.8 Å². The molecule has 2 N–H and O–H groups in total. The predicted octanol–water partition coefficient (Wildman–Crippen LogP) is 4.83. The van der Waals surface area contributed by atoms with Crippen LogP contribution < -0.4 is 10.6 Å². The van der Waals surface area contributed by atoms with Crippen molar-refractivity contribution in [3.63, 3.8) is 0 Å². The number of hydrogen-bond acceptors (Lipinski definition) is 4. The predicted molar refractivity (Wildman–Crippen MR) is 112 cm³/mol. The molecule has 0 radical (unpaired) electrons. The van der Waals surface area contributed by atoms with E-state index in [-0.39, 0.29) is 11.8 Å². The number of nitrogens with one attached hydrogen (secondary N) is 2. The van der Waals surface area contributed by atoms with Crippen LogP contribution in [0.3, 0.4) is 0 Å². The molecule has 2 amide bonds. The number of nitrogens with zero attached hydrogens (tertiary/aromatic N) is 1. The zero-order valence-electron chi connectivity index (χ0n) is 15.6. The molecule has 5 nitrogen and oxygen atoms in total. The summed E-state index contributed by atoms with van der Waals surface area (Å²) in [5, 5.41) is 6.51. The van der Waals surface area contributed by atoms with Crippen molar-refractivity contribution in [1.82, 2.24) is 4.98 Å². The molecule has 3 aromatic rings. The highest BCUT2D eigenvalue weighted by atomic mass is 32.1. The van der Waals surface area contributed by atoms with Crippen LogP contribution >= 0.6 is 11.3 Å². The number of aryl methyl sites for hydroxylation is 2. The average molecular weight is 391 g/mol. The number of hydrogen-bond donors (Lipinski definition) is 2. The van der Waals surface area contributed by atoms with Gasteiger partial charge in [-0.05, 0) is 62.4 Å². The van der Waals surface area contributed by atoms with Gasteiger partial charge in [-0.15, -0.1) is 11.3 Å². The SMILES string of the molecule is Cc1ccc(C(=O)Nc2sc3c(c2C(=O)Nc2cccnc2)CCCC3)cc1. The topological polar surface area (TPSA) is 71.1 Å². The molecule has 0 atom stereocenters. The molecular weight excluding hydrogens is 370 g/mol. The maximum absolute atomic E-state index is 13.0. The Morgan fingerprint density at radius 3 is 2.54 bits per heavy atom. The van der Waals surface area contributed by atoms with E-state index in [1.54, 1.807) is 36.7 Å². The number of benzene rings is 1. The van der Waals surface area contributed by atoms with Crippen molar-refractivity contribution in [2.24, 2.45) is 0 Å². The van der Waals surface area contributed by atoms with E-state index in [4.69, 9.17) is 0 Å². The van der Waals surface area contributed by atoms with Gasteiger partial charge in [0, 0.05) is 16.6 Å². The summed E-state index contributed by atoms with van der Waals surface area (Å²) in [4.78, 5) is 31.0. The normalized spacial score (nSPS) is 12.9. The van der Waals surface area contributed by atoms with Crippen molar-refractivity contribution in [2.75, 3.05) is 10.6 Å². The van der Waals surface area contributed by atoms with Gasteiger partial charge in [-0.1, -0.05) is 17.7 Å². The monoisotopic (exact) mass is 391 g/mol. The first kappa shape index (κ1) is 18.4. The minimum absolute atomic E-state index is 0.200. The van der Waals surface area contributed by atoms with Crippen LogP contribution in [0.1, 0.15) is 49.6 Å². The molecule has 1 aliphatic rings. The summed E-state index contributed by atoms with van der Waals surface area (Å²) < 4.78 is 0. The number of fused-ring (bicyclic) bond motifs is 1. The second-order valence-electron chi connectivity index (χ2n) is 6.93. The number of carbonyl (C=O) groups excluding carboxylic acids is 2. The lowest BCUT2D eigenvalue weighted by Crippen LogP contribution is -2.18. The molecule has 0 saturated carbocycles. The number of amides is 2. The van der Waals surface area contributed by atoms with Crippen molar-refractivity contribution in [1.29, 1.82) is 0 Å². The molecule has 0 spiro atoms. The second-order valence-corrected chi connectivity index (χ2v) is 8.04. The Kier molecular flexibility index (Phi) is 5.21. The average Bonchev–Trinajstić information content (AvgIpc) is 3.07. The van der Waals surface area contributed by atoms with Crippen LogP contribution in [0.5, 0.6) is 0 Å². The molecule has 0 unspecified atom stereocenters. The Labute approximate surface area is 167 Å². The molecule has 1 aliphatic carbocycles. The first-order valence-corrected chi connectivity index (χ1v) is 10.2. The van der Waals surface area contributed by atoms with Gasteiger partial charge < -0.3 is 10.6 Å². The van der Waals surface area contributed by atoms with Crippen LogP contribution in [0.2, 0.25) is 0 Å². The van der Waals surface area contributed by atoms with E-state index in [0.717, 1.165) is 36.8 Å². The molecule has 2 aromatic heterocycles. The smallest absolute Gasteiger partial charge is 0.259 e. The highest BCUT2D eigenvalue weighted by Crippen LogP contribution is 2.38. The number of rotatable bonds is 4. The molecule has 1 aromatic carbocycles. The summed E-state index contributed by atoms with van der Waals surface area (Å²) in [6, 6.07) is 11.0. The maximum atomic E-state index is 13.0. The number of anilines is 2. The van der Waals surface area contributed by atoms with Crippen molar-refractivity contribution >= 4 is 33.8 Å². The van der Waals surface area contributed by atoms with Gasteiger partial charge in [0.05, 0.1) is 17.4 Å². The first-order valence-electron chi connectivity index (χ1n) is 9.36. The molecule has 0 saturated heterocycles. The minimum Gasteiger partial charge on any atom is -0.320 e. The summed E-state index contributed by atoms with van der Waals surface area (Å²) >= 11 is 1.52. The number of thiophene rings is 1. The third-order valence-corrected chi connectivity index (χ3v) is 6.07. The summed E-state index contributed by atoms with van der Waals surface area (Å²) in [5.74, 6) is -0.402. The van der Waals surface area contributed by atoms with Crippen LogP contribution in [0, 0.1) is 6.92 Å². The Morgan fingerprint density at radius 2 is 1.79 bits per heavy atom. The van der Waals surface area contributed by atoms with Gasteiger partial charge in [-0.3, -0.25) is 14.6 Å². The number of carbonyl (C=O) groups is 2. The molecule has 28 heavy (non-hydrogen) atoms. The Balaban J connectivity index is 1.65. The fourth-order valence-corrected chi connectivity index (χ4v) is 4.69. The fraction of sp³-hybridized carbons (Fsp3) is 0.227. The zero-order chi connectivity index (χ0) is 19.5. The highest BCUT2D eigenvalue weighted by Gasteiger charge is 2.26. The van der Waals surface area contributed by atoms with Gasteiger partial charge in [-0.25, -0.2) is 0 Å². The molecule has 0 bridgehead atoms. The summed E-state index contributed by atoms with van der Waals surface area (Å²) in [6.07, 6.45) is 7.26. The van der Waals surface area contributed by atoms with E-state index in [0.29, 0.717) is 21.8 Å². The molecule has 6 heteroatoms. The molecule has 4 rings (SSSR count). The third-order valence-electron chi connectivity index (χ3n) is 4.86. The Hall–Kier alpha value is -2.99. The largest absolute Gasteiger partial charge is 0.320 e. The third kappa shape index (κ3) is 3.82. The molecule has 142 valence electrons. The minimum atomic E-state index is -0.202. The van der Waals surface area contributed by atoms with E-state index in [1.807, 2.05) is 19.1 Å². The summed E-state index contributed by atoms with van der Waals surface area (Å²) in [7, 11) is 0. The quantitative estimate of drug-likeness (QED) is 0.669. The van der Waals surface area contributed by atoms with Crippen LogP contribution in [-0.2, 0) is 12.8 Å². The van der Waals surface area contributed by atoms with Crippen molar-refractivity contribution in [3.8, 4) is 0 Å². The number of pyridine rings is 1. The lowest BCUT2D eigenvalue weighted by Gasteiger charge is -2.13. The zero-order valence-corrected chi connectivity index (χ0v) is 16.4. The molecule has 0 aliphatic heterocycles. The van der Waals surface area contributed by atoms with E-state index < -0.39 is 0 Å². The summed E-state index contributed by atoms with van der Waals surface area (Å²) in [5.41, 5.74) is 3.97. The number of aromatic nitrogens is 1. The van der Waals surface area contributed by atoms with Gasteiger partial charge in [0.15, 0.2) is 0 Å². The van der Waals surface area contributed by atoms with Crippen molar-refractivity contribution in [3.05, 3.63) is 75.9 Å². The van der Waals surface area contributed by atoms with E-state index in [1.165, 1.54) is 16.2 Å². The van der Waals surface area contributed by atoms with Gasteiger partial charge >= 0.3 is 0 Å². The first-order chi connectivity index (χ1) is 13.6. The standard InChI is InChI=1S/C22H21N3O2S/c1-14-8-10-15(11-9-14)20(26)25-22-19(17-6-2-3-7-18(17)28-22)21(27)24-16-5-4-12-23-13-16/h4-5,8-13H,2-3,6-7H2,1H3,(H,24,27)(H,25,26). The van der Waals surface area contributed by atoms with Gasteiger partial charge in [0.1, 0.15) is 5.00 Å². The van der Waals surface area contributed by atoms with Crippen molar-refractivity contribution < 1.29 is 9.59 Å². The van der Waals surface area contributed by atoms with Crippen LogP contribution in [0.15, 0.2) is 48.8 Å². The Bertz CT molecular complexity index is 1010. The maximum Gasteiger partial charge on any atom is 0.259 e. The molecule has 2 heterocycles. The second kappa shape index (κ2) is 7.94. The lowest BCUT2D eigenvalue weighted by atomic mass is 9.95. The van der Waals surface area contributed by atoms with Crippen molar-refractivity contribution in [2.45, 2.75) is 32.6 Å². The molecular formula is C22H21N3O2S. The Morgan fingerprint density at radius 1 is 1.00 bits per heavy atom. The van der Waals surface area contributed by atoms with Crippen LogP contribution in [0.25, 0.3) is 0 Å². The summed E-state index contributed by atoms with van der Waals surface area (Å²) in [6.45, 7) is 1.98. The highest BCUT2D eigenvalue weighted by molar-refractivity contribution is 7.17. The fourth-order valence-electron chi connectivity index (χ4n) is 3.40. The van der Waals surface area contributed by atoms with Gasteiger partial charge in [-0.2, -0.15) is 0 Å². The van der Waals surface area contributed by atoms with E-state index in [9.17, 15) is 9.59 Å². The van der Waals surface area contributed by atoms with E-state index in [2.05, 4.69) is 15.6 Å². The lowest BCUT2D eigenvalue weighted by molar-refractivity contribution is 0.102.